The summed E-state index contributed by atoms with van der Waals surface area (Å²) in [4.78, 5) is 24.2. The summed E-state index contributed by atoms with van der Waals surface area (Å²) in [5.41, 5.74) is 3.71. The molecule has 0 saturated heterocycles. The first-order valence-electron chi connectivity index (χ1n) is 9.30. The molecule has 0 saturated carbocycles. The quantitative estimate of drug-likeness (QED) is 0.519. The number of carbonyl (C=O) groups excluding carboxylic acids is 2. The van der Waals surface area contributed by atoms with Gasteiger partial charge in [0, 0.05) is 17.9 Å². The molecule has 1 aliphatic rings. The highest BCUT2D eigenvalue weighted by atomic mass is 16.5. The van der Waals surface area contributed by atoms with Crippen LogP contribution in [0.1, 0.15) is 39.5 Å². The molecular formula is C20H17N7O3. The fourth-order valence-corrected chi connectivity index (χ4v) is 3.80. The highest BCUT2D eigenvalue weighted by molar-refractivity contribution is 5.95. The van der Waals surface area contributed by atoms with Crippen LogP contribution in [0.4, 0.5) is 5.82 Å². The normalized spacial score (nSPS) is 15.7. The molecule has 4 heterocycles. The first kappa shape index (κ1) is 18.0. The first-order chi connectivity index (χ1) is 14.5. The molecule has 1 atom stereocenters. The lowest BCUT2D eigenvalue weighted by atomic mass is 9.85. The highest BCUT2D eigenvalue weighted by Gasteiger charge is 2.33. The summed E-state index contributed by atoms with van der Waals surface area (Å²) < 4.78 is 7.93. The number of esters is 1. The van der Waals surface area contributed by atoms with E-state index in [9.17, 15) is 9.59 Å². The predicted octanol–water partition coefficient (Wildman–Crippen LogP) is 1.88. The molecule has 5 rings (SSSR count). The van der Waals surface area contributed by atoms with Crippen molar-refractivity contribution in [2.75, 3.05) is 12.4 Å². The Morgan fingerprint density at radius 2 is 1.97 bits per heavy atom. The number of rotatable bonds is 3. The molecule has 150 valence electrons. The fraction of sp³-hybridized carbons (Fsp3) is 0.200. The molecule has 0 fully saturated rings. The van der Waals surface area contributed by atoms with Crippen molar-refractivity contribution < 1.29 is 14.3 Å². The molecule has 1 amide bonds. The van der Waals surface area contributed by atoms with Gasteiger partial charge < -0.3 is 10.1 Å². The second-order valence-electron chi connectivity index (χ2n) is 7.00. The molecule has 3 aromatic heterocycles. The minimum Gasteiger partial charge on any atom is -0.465 e. The van der Waals surface area contributed by atoms with Gasteiger partial charge >= 0.3 is 5.97 Å². The summed E-state index contributed by atoms with van der Waals surface area (Å²) in [7, 11) is 1.34. The van der Waals surface area contributed by atoms with Crippen LogP contribution in [-0.4, -0.2) is 48.6 Å². The maximum absolute atomic E-state index is 12.5. The van der Waals surface area contributed by atoms with Crippen molar-refractivity contribution in [3.63, 3.8) is 0 Å². The molecule has 30 heavy (non-hydrogen) atoms. The van der Waals surface area contributed by atoms with Gasteiger partial charge in [-0.2, -0.15) is 14.3 Å². The Kier molecular flexibility index (Phi) is 4.05. The third-order valence-corrected chi connectivity index (χ3v) is 5.20. The smallest absolute Gasteiger partial charge is 0.337 e. The van der Waals surface area contributed by atoms with Crippen molar-refractivity contribution in [2.24, 2.45) is 0 Å². The van der Waals surface area contributed by atoms with Crippen molar-refractivity contribution in [3.05, 3.63) is 65.1 Å². The second-order valence-corrected chi connectivity index (χ2v) is 7.00. The Labute approximate surface area is 170 Å². The van der Waals surface area contributed by atoms with Crippen molar-refractivity contribution in [2.45, 2.75) is 19.3 Å². The maximum atomic E-state index is 12.5. The van der Waals surface area contributed by atoms with Gasteiger partial charge in [0.1, 0.15) is 12.1 Å². The molecular weight excluding hydrogens is 386 g/mol. The molecule has 10 heteroatoms. The lowest BCUT2D eigenvalue weighted by molar-refractivity contribution is -0.116. The number of hydrogen-bond donors (Lipinski definition) is 1. The average Bonchev–Trinajstić information content (AvgIpc) is 3.36. The van der Waals surface area contributed by atoms with Gasteiger partial charge in [0.15, 0.2) is 11.5 Å². The summed E-state index contributed by atoms with van der Waals surface area (Å²) in [6, 6.07) is 10.7. The molecule has 0 aliphatic carbocycles. The number of benzene rings is 1. The number of hydrogen-bond acceptors (Lipinski definition) is 7. The van der Waals surface area contributed by atoms with Gasteiger partial charge in [0.05, 0.1) is 18.4 Å². The van der Waals surface area contributed by atoms with E-state index in [1.807, 2.05) is 19.1 Å². The number of carbonyl (C=O) groups is 2. The molecule has 1 N–H and O–H groups in total. The Hall–Kier alpha value is -4.08. The van der Waals surface area contributed by atoms with E-state index in [2.05, 4.69) is 25.7 Å². The van der Waals surface area contributed by atoms with Crippen LogP contribution >= 0.6 is 0 Å². The highest BCUT2D eigenvalue weighted by Crippen LogP contribution is 2.40. The zero-order valence-electron chi connectivity index (χ0n) is 16.2. The number of nitrogens with zero attached hydrogens (tertiary/aromatic N) is 6. The van der Waals surface area contributed by atoms with Crippen LogP contribution < -0.4 is 5.32 Å². The molecule has 0 spiro atoms. The minimum atomic E-state index is -0.400. The number of aromatic nitrogens is 6. The third-order valence-electron chi connectivity index (χ3n) is 5.20. The standard InChI is InChI=1S/C20H17N7O3/c1-11-18-14(12-3-5-13(6-4-12)20(29)30-2)9-17(28)22-19(18)27(24-11)16-8-7-15-23-21-10-26(15)25-16/h3-8,10,14H,9H2,1-2H3,(H,22,28)/t14-/m1/s1. The van der Waals surface area contributed by atoms with Crippen molar-refractivity contribution in [1.29, 1.82) is 0 Å². The first-order valence-corrected chi connectivity index (χ1v) is 9.30. The molecule has 1 aliphatic heterocycles. The predicted molar refractivity (Wildman–Crippen MR) is 106 cm³/mol. The Morgan fingerprint density at radius 1 is 1.17 bits per heavy atom. The molecule has 10 nitrogen and oxygen atoms in total. The summed E-state index contributed by atoms with van der Waals surface area (Å²) in [5.74, 6) is 0.423. The van der Waals surface area contributed by atoms with Gasteiger partial charge in [0.2, 0.25) is 5.91 Å². The largest absolute Gasteiger partial charge is 0.465 e. The monoisotopic (exact) mass is 403 g/mol. The molecule has 4 aromatic rings. The van der Waals surface area contributed by atoms with Crippen LogP contribution in [-0.2, 0) is 9.53 Å². The van der Waals surface area contributed by atoms with E-state index >= 15 is 0 Å². The van der Waals surface area contributed by atoms with Crippen LogP contribution in [0.2, 0.25) is 0 Å². The number of ether oxygens (including phenoxy) is 1. The van der Waals surface area contributed by atoms with E-state index in [0.29, 0.717) is 22.8 Å². The van der Waals surface area contributed by atoms with Crippen molar-refractivity contribution in [1.82, 2.24) is 29.6 Å². The average molecular weight is 403 g/mol. The van der Waals surface area contributed by atoms with Gasteiger partial charge in [-0.05, 0) is 36.8 Å². The zero-order valence-corrected chi connectivity index (χ0v) is 16.2. The lowest BCUT2D eigenvalue weighted by Crippen LogP contribution is -2.25. The van der Waals surface area contributed by atoms with Gasteiger partial charge in [0.25, 0.3) is 0 Å². The lowest BCUT2D eigenvalue weighted by Gasteiger charge is -2.24. The van der Waals surface area contributed by atoms with E-state index < -0.39 is 5.97 Å². The summed E-state index contributed by atoms with van der Waals surface area (Å²) >= 11 is 0. The Morgan fingerprint density at radius 3 is 2.73 bits per heavy atom. The van der Waals surface area contributed by atoms with Gasteiger partial charge in [-0.1, -0.05) is 12.1 Å². The zero-order chi connectivity index (χ0) is 20.8. The number of aryl methyl sites for hydroxylation is 1. The fourth-order valence-electron chi connectivity index (χ4n) is 3.80. The maximum Gasteiger partial charge on any atom is 0.337 e. The Balaban J connectivity index is 1.60. The van der Waals surface area contributed by atoms with E-state index in [-0.39, 0.29) is 18.2 Å². The topological polar surface area (TPSA) is 116 Å². The van der Waals surface area contributed by atoms with Crippen LogP contribution in [0.3, 0.4) is 0 Å². The van der Waals surface area contributed by atoms with Crippen LogP contribution in [0.25, 0.3) is 11.5 Å². The SMILES string of the molecule is COC(=O)c1ccc([C@H]2CC(=O)Nc3c2c(C)nn3-c2ccc3nncn3n2)cc1. The van der Waals surface area contributed by atoms with Crippen LogP contribution in [0.15, 0.2) is 42.7 Å². The van der Waals surface area contributed by atoms with E-state index in [4.69, 9.17) is 4.74 Å². The molecule has 0 radical (unpaired) electrons. The van der Waals surface area contributed by atoms with Crippen molar-refractivity contribution in [3.8, 4) is 5.82 Å². The minimum absolute atomic E-state index is 0.115. The summed E-state index contributed by atoms with van der Waals surface area (Å²) in [6.07, 6.45) is 1.79. The van der Waals surface area contributed by atoms with Crippen LogP contribution in [0.5, 0.6) is 0 Å². The number of amides is 1. The Bertz CT molecular complexity index is 1290. The molecule has 0 bridgehead atoms. The van der Waals surface area contributed by atoms with Gasteiger partial charge in [-0.15, -0.1) is 15.3 Å². The third kappa shape index (κ3) is 2.81. The second kappa shape index (κ2) is 6.76. The van der Waals surface area contributed by atoms with Crippen molar-refractivity contribution >= 4 is 23.3 Å². The van der Waals surface area contributed by atoms with E-state index in [1.54, 1.807) is 33.5 Å². The molecule has 0 unspecified atom stereocenters. The van der Waals surface area contributed by atoms with Crippen LogP contribution in [0, 0.1) is 6.92 Å². The summed E-state index contributed by atoms with van der Waals surface area (Å²) in [6.45, 7) is 1.90. The van der Waals surface area contributed by atoms with Gasteiger partial charge in [-0.3, -0.25) is 4.79 Å². The number of fused-ring (bicyclic) bond motifs is 2. The van der Waals surface area contributed by atoms with E-state index in [0.717, 1.165) is 16.8 Å². The summed E-state index contributed by atoms with van der Waals surface area (Å²) in [5, 5.41) is 19.8. The van der Waals surface area contributed by atoms with Gasteiger partial charge in [-0.25, -0.2) is 4.79 Å². The molecule has 1 aromatic carbocycles. The number of nitrogens with one attached hydrogen (secondary N) is 1. The number of methoxy groups -OCH3 is 1. The van der Waals surface area contributed by atoms with E-state index in [1.165, 1.54) is 13.4 Å². The number of anilines is 1.